The summed E-state index contributed by atoms with van der Waals surface area (Å²) < 4.78 is 5.15. The lowest BCUT2D eigenvalue weighted by atomic mass is 10.0. The van der Waals surface area contributed by atoms with E-state index in [-0.39, 0.29) is 30.8 Å². The molecular formula is C21H33N3O5. The van der Waals surface area contributed by atoms with E-state index in [9.17, 15) is 19.5 Å². The molecule has 1 aromatic rings. The largest absolute Gasteiger partial charge is 0.508 e. The first-order chi connectivity index (χ1) is 13.4. The van der Waals surface area contributed by atoms with E-state index in [1.165, 1.54) is 11.0 Å². The third kappa shape index (κ3) is 7.63. The number of amides is 3. The zero-order valence-corrected chi connectivity index (χ0v) is 18.3. The van der Waals surface area contributed by atoms with Crippen molar-refractivity contribution in [1.82, 2.24) is 15.5 Å². The zero-order valence-electron chi connectivity index (χ0n) is 18.3. The van der Waals surface area contributed by atoms with Crippen LogP contribution in [0.3, 0.4) is 0 Å². The number of alkyl carbamates (subject to hydrolysis) is 1. The Labute approximate surface area is 172 Å². The first-order valence-corrected chi connectivity index (χ1v) is 9.72. The van der Waals surface area contributed by atoms with E-state index >= 15 is 0 Å². The number of carbonyl (C=O) groups is 3. The Balaban J connectivity index is 3.09. The molecule has 8 heteroatoms. The van der Waals surface area contributed by atoms with E-state index in [1.54, 1.807) is 46.8 Å². The molecule has 1 rings (SSSR count). The number of benzene rings is 1. The molecule has 0 aliphatic carbocycles. The van der Waals surface area contributed by atoms with Crippen molar-refractivity contribution in [2.24, 2.45) is 0 Å². The van der Waals surface area contributed by atoms with Gasteiger partial charge in [0.1, 0.15) is 23.9 Å². The van der Waals surface area contributed by atoms with Crippen LogP contribution >= 0.6 is 0 Å². The van der Waals surface area contributed by atoms with Gasteiger partial charge in [-0.25, -0.2) is 4.79 Å². The molecule has 162 valence electrons. The molecule has 8 nitrogen and oxygen atoms in total. The number of nitrogens with zero attached hydrogens (tertiary/aromatic N) is 1. The molecule has 29 heavy (non-hydrogen) atoms. The van der Waals surface area contributed by atoms with Crippen LogP contribution in [-0.4, -0.2) is 52.6 Å². The van der Waals surface area contributed by atoms with Gasteiger partial charge in [0.25, 0.3) is 0 Å². The Bertz CT molecular complexity index is 740. The number of aryl methyl sites for hydroxylation is 1. The van der Waals surface area contributed by atoms with Crippen molar-refractivity contribution in [2.75, 3.05) is 13.1 Å². The van der Waals surface area contributed by atoms with Crippen molar-refractivity contribution in [3.63, 3.8) is 0 Å². The summed E-state index contributed by atoms with van der Waals surface area (Å²) in [5.74, 6) is -0.650. The highest BCUT2D eigenvalue weighted by Crippen LogP contribution is 2.26. The van der Waals surface area contributed by atoms with Crippen LogP contribution in [0.1, 0.15) is 58.7 Å². The fourth-order valence-corrected chi connectivity index (χ4v) is 2.75. The van der Waals surface area contributed by atoms with Crippen LogP contribution in [0.5, 0.6) is 5.75 Å². The third-order valence-electron chi connectivity index (χ3n) is 3.97. The lowest BCUT2D eigenvalue weighted by molar-refractivity contribution is -0.140. The minimum atomic E-state index is -0.894. The normalized spacial score (nSPS) is 12.3. The van der Waals surface area contributed by atoms with Crippen LogP contribution < -0.4 is 10.6 Å². The SMILES string of the molecule is CCN(C(=O)CNC(=O)OC(C)(C)C)C(C(=O)NC(C)C)c1ccc(O)c(C)c1. The molecule has 0 bridgehead atoms. The molecule has 0 spiro atoms. The van der Waals surface area contributed by atoms with Gasteiger partial charge in [0, 0.05) is 12.6 Å². The number of ether oxygens (including phenoxy) is 1. The van der Waals surface area contributed by atoms with Gasteiger partial charge < -0.3 is 25.4 Å². The lowest BCUT2D eigenvalue weighted by Crippen LogP contribution is -2.48. The second kappa shape index (κ2) is 10.1. The van der Waals surface area contributed by atoms with Gasteiger partial charge in [-0.15, -0.1) is 0 Å². The summed E-state index contributed by atoms with van der Waals surface area (Å²) in [5, 5.41) is 15.1. The van der Waals surface area contributed by atoms with Crippen molar-refractivity contribution >= 4 is 17.9 Å². The molecule has 0 fully saturated rings. The highest BCUT2D eigenvalue weighted by atomic mass is 16.6. The summed E-state index contributed by atoms with van der Waals surface area (Å²) in [7, 11) is 0. The van der Waals surface area contributed by atoms with E-state index < -0.39 is 23.6 Å². The number of hydrogen-bond donors (Lipinski definition) is 3. The number of aromatic hydroxyl groups is 1. The maximum absolute atomic E-state index is 12.9. The van der Waals surface area contributed by atoms with E-state index in [1.807, 2.05) is 13.8 Å². The molecule has 0 aromatic heterocycles. The summed E-state index contributed by atoms with van der Waals surface area (Å²) >= 11 is 0. The predicted octanol–water partition coefficient (Wildman–Crippen LogP) is 2.64. The second-order valence-electron chi connectivity index (χ2n) is 8.15. The molecule has 1 aromatic carbocycles. The third-order valence-corrected chi connectivity index (χ3v) is 3.97. The van der Waals surface area contributed by atoms with Crippen LogP contribution in [0.4, 0.5) is 4.79 Å². The Morgan fingerprint density at radius 1 is 1.21 bits per heavy atom. The Morgan fingerprint density at radius 2 is 1.83 bits per heavy atom. The molecule has 0 saturated carbocycles. The quantitative estimate of drug-likeness (QED) is 0.644. The van der Waals surface area contributed by atoms with E-state index in [2.05, 4.69) is 10.6 Å². The second-order valence-corrected chi connectivity index (χ2v) is 8.15. The average molecular weight is 408 g/mol. The maximum Gasteiger partial charge on any atom is 0.408 e. The minimum Gasteiger partial charge on any atom is -0.508 e. The van der Waals surface area contributed by atoms with Gasteiger partial charge in [-0.3, -0.25) is 9.59 Å². The molecule has 1 atom stereocenters. The highest BCUT2D eigenvalue weighted by molar-refractivity contribution is 5.90. The summed E-state index contributed by atoms with van der Waals surface area (Å²) in [5.41, 5.74) is 0.493. The van der Waals surface area contributed by atoms with Crippen LogP contribution in [0.25, 0.3) is 0 Å². The number of phenolic OH excluding ortho intramolecular Hbond substituents is 1. The van der Waals surface area contributed by atoms with Crippen molar-refractivity contribution in [2.45, 2.75) is 66.2 Å². The lowest BCUT2D eigenvalue weighted by Gasteiger charge is -2.31. The minimum absolute atomic E-state index is 0.109. The molecule has 0 radical (unpaired) electrons. The van der Waals surface area contributed by atoms with Gasteiger partial charge in [0.05, 0.1) is 0 Å². The van der Waals surface area contributed by atoms with Gasteiger partial charge >= 0.3 is 6.09 Å². The smallest absolute Gasteiger partial charge is 0.408 e. The Hall–Kier alpha value is -2.77. The van der Waals surface area contributed by atoms with Gasteiger partial charge in [0.2, 0.25) is 11.8 Å². The van der Waals surface area contributed by atoms with Crippen molar-refractivity contribution in [3.8, 4) is 5.75 Å². The number of likely N-dealkylation sites (N-methyl/N-ethyl adjacent to an activating group) is 1. The Kier molecular flexibility index (Phi) is 8.48. The summed E-state index contributed by atoms with van der Waals surface area (Å²) in [4.78, 5) is 39.0. The van der Waals surface area contributed by atoms with Crippen molar-refractivity contribution < 1.29 is 24.2 Å². The van der Waals surface area contributed by atoms with Crippen LogP contribution in [0.15, 0.2) is 18.2 Å². The average Bonchev–Trinajstić information content (AvgIpc) is 2.57. The number of rotatable bonds is 7. The number of hydrogen-bond acceptors (Lipinski definition) is 5. The molecule has 0 heterocycles. The van der Waals surface area contributed by atoms with Crippen molar-refractivity contribution in [3.05, 3.63) is 29.3 Å². The standard InChI is InChI=1S/C21H33N3O5/c1-8-24(17(26)12-22-20(28)29-21(5,6)7)18(19(27)23-13(2)3)15-9-10-16(25)14(4)11-15/h9-11,13,18,25H,8,12H2,1-7H3,(H,22,28)(H,23,27). The van der Waals surface area contributed by atoms with Gasteiger partial charge in [-0.2, -0.15) is 0 Å². The van der Waals surface area contributed by atoms with Crippen molar-refractivity contribution in [1.29, 1.82) is 0 Å². The first kappa shape index (κ1) is 24.3. The molecule has 0 saturated heterocycles. The highest BCUT2D eigenvalue weighted by Gasteiger charge is 2.31. The fourth-order valence-electron chi connectivity index (χ4n) is 2.75. The zero-order chi connectivity index (χ0) is 22.4. The van der Waals surface area contributed by atoms with Gasteiger partial charge in [-0.1, -0.05) is 6.07 Å². The number of nitrogens with one attached hydrogen (secondary N) is 2. The van der Waals surface area contributed by atoms with Crippen LogP contribution in [0.2, 0.25) is 0 Å². The maximum atomic E-state index is 12.9. The van der Waals surface area contributed by atoms with E-state index in [0.717, 1.165) is 0 Å². The van der Waals surface area contributed by atoms with E-state index in [0.29, 0.717) is 11.1 Å². The molecule has 0 aliphatic heterocycles. The van der Waals surface area contributed by atoms with E-state index in [4.69, 9.17) is 4.74 Å². The molecule has 3 amide bonds. The van der Waals surface area contributed by atoms with Crippen LogP contribution in [-0.2, 0) is 14.3 Å². The molecule has 0 aliphatic rings. The van der Waals surface area contributed by atoms with Crippen LogP contribution in [0, 0.1) is 6.92 Å². The molecule has 3 N–H and O–H groups in total. The van der Waals surface area contributed by atoms with Gasteiger partial charge in [-0.05, 0) is 71.7 Å². The topological polar surface area (TPSA) is 108 Å². The van der Waals surface area contributed by atoms with Gasteiger partial charge in [0.15, 0.2) is 0 Å². The summed E-state index contributed by atoms with van der Waals surface area (Å²) in [6.45, 7) is 12.3. The molecule has 1 unspecified atom stereocenters. The molecular weight excluding hydrogens is 374 g/mol. The monoisotopic (exact) mass is 407 g/mol. The fraction of sp³-hybridized carbons (Fsp3) is 0.571. The first-order valence-electron chi connectivity index (χ1n) is 9.72. The number of carbonyl (C=O) groups excluding carboxylic acids is 3. The Morgan fingerprint density at radius 3 is 2.31 bits per heavy atom. The summed E-state index contributed by atoms with van der Waals surface area (Å²) in [6, 6.07) is 3.78. The predicted molar refractivity (Wildman–Crippen MR) is 110 cm³/mol. The number of phenols is 1. The summed E-state index contributed by atoms with van der Waals surface area (Å²) in [6.07, 6.45) is -0.703.